The molecule has 5 aromatic carbocycles. The maximum Gasteiger partial charge on any atom is 0.270 e. The molecule has 0 atom stereocenters. The number of nitrogens with one attached hydrogen (secondary N) is 2. The van der Waals surface area contributed by atoms with Crippen molar-refractivity contribution < 1.29 is 4.79 Å². The van der Waals surface area contributed by atoms with Gasteiger partial charge in [0.05, 0.1) is 0 Å². The second kappa shape index (κ2) is 10.5. The van der Waals surface area contributed by atoms with Gasteiger partial charge in [-0.1, -0.05) is 115 Å². The van der Waals surface area contributed by atoms with Crippen LogP contribution >= 0.6 is 0 Å². The van der Waals surface area contributed by atoms with Crippen molar-refractivity contribution in [2.24, 2.45) is 0 Å². The van der Waals surface area contributed by atoms with Crippen molar-refractivity contribution >= 4 is 50.0 Å². The summed E-state index contributed by atoms with van der Waals surface area (Å²) in [6, 6.07) is 40.6. The fraction of sp³-hybridized carbons (Fsp3) is 0. The minimum atomic E-state index is -0.316. The molecular formula is C39H23N9O. The number of carbonyl (C=O) groups excluding carboxylic acids is 1. The first-order chi connectivity index (χ1) is 24.2. The molecule has 8 aromatic rings. The number of carbonyl (C=O) groups is 1. The quantitative estimate of drug-likeness (QED) is 0.199. The standard InChI is InChI=1S/C39H23N9O/c49-39(22-12-2-1-3-13-22)47-48-37-29-20-10-11-21-30(29)38(48)46-36-28-19-9-7-17-26(28)34(44-36)42-32-24-15-5-4-14-23(24)31(40-32)41-33-25-16-6-8-18-27(25)35(43-33)45-37/h1-21H,(H,47,49)(H,40,41,42,43,44,45,46). The topological polar surface area (TPSA) is 127 Å². The summed E-state index contributed by atoms with van der Waals surface area (Å²) >= 11 is 0. The van der Waals surface area contributed by atoms with E-state index >= 15 is 0 Å². The van der Waals surface area contributed by atoms with E-state index in [2.05, 4.69) is 10.4 Å². The van der Waals surface area contributed by atoms with Crippen LogP contribution in [0.1, 0.15) is 10.4 Å². The Kier molecular flexibility index (Phi) is 5.79. The smallest absolute Gasteiger partial charge is 0.270 e. The molecule has 2 N–H and O–H groups in total. The van der Waals surface area contributed by atoms with Crippen molar-refractivity contribution in [1.29, 1.82) is 0 Å². The van der Waals surface area contributed by atoms with Gasteiger partial charge in [-0.2, -0.15) is 0 Å². The van der Waals surface area contributed by atoms with Gasteiger partial charge in [-0.3, -0.25) is 10.2 Å². The van der Waals surface area contributed by atoms with Gasteiger partial charge >= 0.3 is 0 Å². The Morgan fingerprint density at radius 3 is 1.31 bits per heavy atom. The van der Waals surface area contributed by atoms with Crippen molar-refractivity contribution in [2.45, 2.75) is 0 Å². The summed E-state index contributed by atoms with van der Waals surface area (Å²) in [4.78, 5) is 47.6. The van der Waals surface area contributed by atoms with Crippen LogP contribution in [0.4, 0.5) is 0 Å². The number of hydrogen-bond donors (Lipinski definition) is 2. The Bertz CT molecular complexity index is 2680. The number of benzene rings is 5. The lowest BCUT2D eigenvalue weighted by molar-refractivity contribution is 0.101. The molecule has 3 aromatic heterocycles. The number of aromatic nitrogens is 8. The molecule has 0 fully saturated rings. The summed E-state index contributed by atoms with van der Waals surface area (Å²) in [5, 5.41) is 3.38. The van der Waals surface area contributed by atoms with Crippen LogP contribution in [-0.4, -0.2) is 45.5 Å². The lowest BCUT2D eigenvalue weighted by atomic mass is 10.1. The summed E-state index contributed by atoms with van der Waals surface area (Å²) in [7, 11) is 0. The molecule has 0 aliphatic carbocycles. The average molecular weight is 634 g/mol. The van der Waals surface area contributed by atoms with Crippen LogP contribution in [0.25, 0.3) is 89.7 Å². The van der Waals surface area contributed by atoms with Crippen LogP contribution in [0.5, 0.6) is 0 Å². The third kappa shape index (κ3) is 4.24. The van der Waals surface area contributed by atoms with E-state index in [1.807, 2.05) is 115 Å². The number of amides is 1. The van der Waals surface area contributed by atoms with Gasteiger partial charge in [-0.05, 0) is 12.1 Å². The lowest BCUT2D eigenvalue weighted by Gasteiger charge is -2.08. The maximum absolute atomic E-state index is 13.8. The van der Waals surface area contributed by atoms with Crippen molar-refractivity contribution in [3.05, 3.63) is 133 Å². The SMILES string of the molecule is O=C(Nn1c2nc3nc(nc4[nH]c(nc5nc(nc1c1ccccc12)-c1ccccc1-5)c1ccccc41)-c1ccccc1-3)c1ccccc1. The Morgan fingerprint density at radius 1 is 0.449 bits per heavy atom. The molecule has 2 aliphatic heterocycles. The number of H-pyrrole nitrogens is 1. The third-order valence-electron chi connectivity index (χ3n) is 8.86. The first-order valence-electron chi connectivity index (χ1n) is 15.8. The van der Waals surface area contributed by atoms with Crippen LogP contribution < -0.4 is 5.43 Å². The molecule has 0 spiro atoms. The van der Waals surface area contributed by atoms with Gasteiger partial charge in [-0.15, -0.1) is 0 Å². The second-order valence-corrected chi connectivity index (χ2v) is 11.8. The Hall–Kier alpha value is -7.07. The lowest BCUT2D eigenvalue weighted by Crippen LogP contribution is -2.23. The molecule has 49 heavy (non-hydrogen) atoms. The zero-order chi connectivity index (χ0) is 32.5. The summed E-state index contributed by atoms with van der Waals surface area (Å²) in [6.45, 7) is 0. The average Bonchev–Trinajstić information content (AvgIpc) is 3.87. The highest BCUT2D eigenvalue weighted by molar-refractivity contribution is 6.09. The summed E-state index contributed by atoms with van der Waals surface area (Å²) < 4.78 is 1.64. The number of rotatable bonds is 2. The van der Waals surface area contributed by atoms with Gasteiger partial charge in [0.25, 0.3) is 5.91 Å². The summed E-state index contributed by atoms with van der Waals surface area (Å²) in [5.74, 6) is 1.64. The minimum Gasteiger partial charge on any atom is -0.324 e. The molecule has 0 saturated heterocycles. The molecule has 10 nitrogen and oxygen atoms in total. The molecule has 10 rings (SSSR count). The number of nitrogens with zero attached hydrogens (tertiary/aromatic N) is 7. The van der Waals surface area contributed by atoms with E-state index in [9.17, 15) is 4.79 Å². The van der Waals surface area contributed by atoms with Crippen LogP contribution in [0.2, 0.25) is 0 Å². The van der Waals surface area contributed by atoms with E-state index in [4.69, 9.17) is 29.9 Å². The molecule has 2 aliphatic rings. The van der Waals surface area contributed by atoms with Gasteiger partial charge in [0.1, 0.15) is 11.3 Å². The van der Waals surface area contributed by atoms with Crippen molar-refractivity contribution in [3.63, 3.8) is 0 Å². The maximum atomic E-state index is 13.8. The minimum absolute atomic E-state index is 0.316. The van der Waals surface area contributed by atoms with E-state index in [0.717, 1.165) is 43.8 Å². The zero-order valence-electron chi connectivity index (χ0n) is 25.7. The fourth-order valence-electron chi connectivity index (χ4n) is 6.56. The normalized spacial score (nSPS) is 11.8. The van der Waals surface area contributed by atoms with Crippen molar-refractivity contribution in [1.82, 2.24) is 39.6 Å². The van der Waals surface area contributed by atoms with Gasteiger partial charge in [0, 0.05) is 49.4 Å². The molecule has 0 unspecified atom stereocenters. The van der Waals surface area contributed by atoms with Gasteiger partial charge in [-0.25, -0.2) is 34.6 Å². The third-order valence-corrected chi connectivity index (χ3v) is 8.86. The highest BCUT2D eigenvalue weighted by Gasteiger charge is 2.23. The van der Waals surface area contributed by atoms with Crippen LogP contribution in [-0.2, 0) is 0 Å². The predicted molar refractivity (Wildman–Crippen MR) is 190 cm³/mol. The largest absolute Gasteiger partial charge is 0.324 e. The summed E-state index contributed by atoms with van der Waals surface area (Å²) in [5.41, 5.74) is 9.11. The Balaban J connectivity index is 1.40. The predicted octanol–water partition coefficient (Wildman–Crippen LogP) is 7.73. The summed E-state index contributed by atoms with van der Waals surface area (Å²) in [6.07, 6.45) is 0. The fourth-order valence-corrected chi connectivity index (χ4v) is 6.56. The monoisotopic (exact) mass is 633 g/mol. The van der Waals surface area contributed by atoms with E-state index < -0.39 is 0 Å². The number of hydrogen-bond acceptors (Lipinski definition) is 7. The van der Waals surface area contributed by atoms with Crippen molar-refractivity contribution in [2.75, 3.05) is 5.43 Å². The number of fused-ring (bicyclic) bond motifs is 20. The Morgan fingerprint density at radius 2 is 0.837 bits per heavy atom. The van der Waals surface area contributed by atoms with E-state index in [1.54, 1.807) is 16.8 Å². The van der Waals surface area contributed by atoms with E-state index in [-0.39, 0.29) is 5.91 Å². The molecular weight excluding hydrogens is 610 g/mol. The molecule has 0 saturated carbocycles. The Labute approximate surface area is 277 Å². The molecule has 8 bridgehead atoms. The molecule has 230 valence electrons. The van der Waals surface area contributed by atoms with Gasteiger partial charge < -0.3 is 4.98 Å². The molecule has 1 amide bonds. The first kappa shape index (κ1) is 27.1. The van der Waals surface area contributed by atoms with Crippen LogP contribution in [0.3, 0.4) is 0 Å². The molecule has 10 heteroatoms. The zero-order valence-corrected chi connectivity index (χ0v) is 25.7. The van der Waals surface area contributed by atoms with Gasteiger partial charge in [0.15, 0.2) is 34.6 Å². The van der Waals surface area contributed by atoms with E-state index in [0.29, 0.717) is 51.4 Å². The molecule has 0 radical (unpaired) electrons. The number of aromatic amines is 1. The first-order valence-corrected chi connectivity index (χ1v) is 15.8. The van der Waals surface area contributed by atoms with Crippen molar-refractivity contribution in [3.8, 4) is 45.6 Å². The molecule has 5 heterocycles. The second-order valence-electron chi connectivity index (χ2n) is 11.8. The van der Waals surface area contributed by atoms with Crippen LogP contribution in [0.15, 0.2) is 127 Å². The van der Waals surface area contributed by atoms with Gasteiger partial charge in [0.2, 0.25) is 0 Å². The van der Waals surface area contributed by atoms with Crippen LogP contribution in [0, 0.1) is 0 Å². The highest BCUT2D eigenvalue weighted by Crippen LogP contribution is 2.37. The highest BCUT2D eigenvalue weighted by atomic mass is 16.2. The van der Waals surface area contributed by atoms with E-state index in [1.165, 1.54) is 0 Å².